The zero-order chi connectivity index (χ0) is 14.3. The lowest BCUT2D eigenvalue weighted by atomic mass is 10.1. The molecule has 6 nitrogen and oxygen atoms in total. The van der Waals surface area contributed by atoms with Gasteiger partial charge in [-0.3, -0.25) is 0 Å². The molecule has 0 heterocycles. The summed E-state index contributed by atoms with van der Waals surface area (Å²) in [5.41, 5.74) is -0.628. The van der Waals surface area contributed by atoms with Crippen molar-refractivity contribution in [3.63, 3.8) is 0 Å². The van der Waals surface area contributed by atoms with E-state index >= 15 is 0 Å². The van der Waals surface area contributed by atoms with Gasteiger partial charge in [-0.15, -0.1) is 0 Å². The highest BCUT2D eigenvalue weighted by Gasteiger charge is 2.23. The molecular formula is C12H24N2O4. The Morgan fingerprint density at radius 2 is 1.89 bits per heavy atom. The molecule has 0 aromatic heterocycles. The van der Waals surface area contributed by atoms with Gasteiger partial charge in [-0.2, -0.15) is 0 Å². The number of rotatable bonds is 6. The van der Waals surface area contributed by atoms with Gasteiger partial charge in [0.25, 0.3) is 0 Å². The van der Waals surface area contributed by atoms with E-state index in [1.165, 1.54) is 0 Å². The lowest BCUT2D eigenvalue weighted by molar-refractivity contribution is -0.139. The van der Waals surface area contributed by atoms with E-state index in [1.54, 1.807) is 20.8 Å². The Kier molecular flexibility index (Phi) is 6.68. The lowest BCUT2D eigenvalue weighted by Gasteiger charge is -2.22. The maximum absolute atomic E-state index is 11.5. The number of alkyl carbamates (subject to hydrolysis) is 1. The van der Waals surface area contributed by atoms with Crippen LogP contribution < -0.4 is 5.32 Å². The second-order valence-corrected chi connectivity index (χ2v) is 5.48. The molecule has 0 aliphatic rings. The molecule has 0 bridgehead atoms. The SMILES string of the molecule is CN(C)CCC[C@@H](NC(=O)OC(C)(C)C)C(=O)O. The van der Waals surface area contributed by atoms with Crippen molar-refractivity contribution in [2.45, 2.75) is 45.3 Å². The van der Waals surface area contributed by atoms with Gasteiger partial charge in [0.1, 0.15) is 11.6 Å². The number of carbonyl (C=O) groups excluding carboxylic acids is 1. The van der Waals surface area contributed by atoms with Gasteiger partial charge < -0.3 is 20.1 Å². The molecule has 0 aromatic carbocycles. The molecule has 0 saturated heterocycles. The van der Waals surface area contributed by atoms with Gasteiger partial charge in [0, 0.05) is 0 Å². The molecule has 106 valence electrons. The summed E-state index contributed by atoms with van der Waals surface area (Å²) >= 11 is 0. The van der Waals surface area contributed by atoms with Gasteiger partial charge in [-0.1, -0.05) is 0 Å². The average molecular weight is 260 g/mol. The van der Waals surface area contributed by atoms with Crippen LogP contribution in [0.2, 0.25) is 0 Å². The van der Waals surface area contributed by atoms with Gasteiger partial charge >= 0.3 is 12.1 Å². The third kappa shape index (κ3) is 8.81. The molecule has 0 aliphatic heterocycles. The van der Waals surface area contributed by atoms with Crippen molar-refractivity contribution in [1.29, 1.82) is 0 Å². The Labute approximate surface area is 108 Å². The van der Waals surface area contributed by atoms with Gasteiger partial charge in [-0.05, 0) is 54.3 Å². The second kappa shape index (κ2) is 7.20. The van der Waals surface area contributed by atoms with E-state index in [0.717, 1.165) is 6.54 Å². The fourth-order valence-electron chi connectivity index (χ4n) is 1.32. The van der Waals surface area contributed by atoms with Crippen LogP contribution in [0.5, 0.6) is 0 Å². The number of hydrogen-bond donors (Lipinski definition) is 2. The molecule has 0 fully saturated rings. The molecule has 1 atom stereocenters. The number of hydrogen-bond acceptors (Lipinski definition) is 4. The molecule has 6 heteroatoms. The standard InChI is InChI=1S/C12H24N2O4/c1-12(2,3)18-11(17)13-9(10(15)16)7-6-8-14(4)5/h9H,6-8H2,1-5H3,(H,13,17)(H,15,16)/t9-/m1/s1. The highest BCUT2D eigenvalue weighted by molar-refractivity contribution is 5.79. The molecule has 0 rings (SSSR count). The molecule has 0 unspecified atom stereocenters. The first-order chi connectivity index (χ1) is 8.11. The first kappa shape index (κ1) is 16.7. The smallest absolute Gasteiger partial charge is 0.408 e. The number of ether oxygens (including phenoxy) is 1. The first-order valence-corrected chi connectivity index (χ1v) is 5.99. The van der Waals surface area contributed by atoms with Gasteiger partial charge in [0.05, 0.1) is 0 Å². The van der Waals surface area contributed by atoms with E-state index in [1.807, 2.05) is 19.0 Å². The fraction of sp³-hybridized carbons (Fsp3) is 0.833. The molecule has 0 aromatic rings. The van der Waals surface area contributed by atoms with Crippen molar-refractivity contribution in [1.82, 2.24) is 10.2 Å². The van der Waals surface area contributed by atoms with Crippen LogP contribution in [0.4, 0.5) is 4.79 Å². The summed E-state index contributed by atoms with van der Waals surface area (Å²) in [6.45, 7) is 5.97. The number of carboxylic acids is 1. The van der Waals surface area contributed by atoms with E-state index in [2.05, 4.69) is 5.32 Å². The van der Waals surface area contributed by atoms with Crippen LogP contribution in [0.25, 0.3) is 0 Å². The Balaban J connectivity index is 4.19. The molecule has 2 N–H and O–H groups in total. The predicted octanol–water partition coefficient (Wildman–Crippen LogP) is 1.31. The van der Waals surface area contributed by atoms with Crippen molar-refractivity contribution in [2.75, 3.05) is 20.6 Å². The average Bonchev–Trinajstić information content (AvgIpc) is 2.12. The van der Waals surface area contributed by atoms with Crippen LogP contribution in [0.1, 0.15) is 33.6 Å². The van der Waals surface area contributed by atoms with Gasteiger partial charge in [0.2, 0.25) is 0 Å². The fourth-order valence-corrected chi connectivity index (χ4v) is 1.32. The minimum atomic E-state index is -1.04. The summed E-state index contributed by atoms with van der Waals surface area (Å²) in [5, 5.41) is 11.4. The number of aliphatic carboxylic acids is 1. The quantitative estimate of drug-likeness (QED) is 0.752. The third-order valence-electron chi connectivity index (χ3n) is 2.09. The van der Waals surface area contributed by atoms with Crippen LogP contribution in [0.3, 0.4) is 0 Å². The summed E-state index contributed by atoms with van der Waals surface area (Å²) in [4.78, 5) is 24.4. The maximum Gasteiger partial charge on any atom is 0.408 e. The normalized spacial score (nSPS) is 13.2. The highest BCUT2D eigenvalue weighted by atomic mass is 16.6. The van der Waals surface area contributed by atoms with Crippen LogP contribution in [0.15, 0.2) is 0 Å². The lowest BCUT2D eigenvalue weighted by Crippen LogP contribution is -2.43. The van der Waals surface area contributed by atoms with Crippen LogP contribution in [-0.4, -0.2) is 54.4 Å². The van der Waals surface area contributed by atoms with E-state index < -0.39 is 23.7 Å². The maximum atomic E-state index is 11.5. The van der Waals surface area contributed by atoms with Crippen molar-refractivity contribution >= 4 is 12.1 Å². The minimum Gasteiger partial charge on any atom is -0.480 e. The molecule has 0 radical (unpaired) electrons. The number of carbonyl (C=O) groups is 2. The largest absolute Gasteiger partial charge is 0.480 e. The molecule has 1 amide bonds. The van der Waals surface area contributed by atoms with Crippen molar-refractivity contribution in [3.05, 3.63) is 0 Å². The summed E-state index contributed by atoms with van der Waals surface area (Å²) in [7, 11) is 3.83. The predicted molar refractivity (Wildman–Crippen MR) is 68.6 cm³/mol. The zero-order valence-corrected chi connectivity index (χ0v) is 11.8. The molecular weight excluding hydrogens is 236 g/mol. The van der Waals surface area contributed by atoms with E-state index in [0.29, 0.717) is 12.8 Å². The third-order valence-corrected chi connectivity index (χ3v) is 2.09. The van der Waals surface area contributed by atoms with Crippen LogP contribution >= 0.6 is 0 Å². The Hall–Kier alpha value is -1.30. The number of nitrogens with zero attached hydrogens (tertiary/aromatic N) is 1. The summed E-state index contributed by atoms with van der Waals surface area (Å²) in [6.07, 6.45) is 0.381. The summed E-state index contributed by atoms with van der Waals surface area (Å²) in [6, 6.07) is -0.903. The Bertz CT molecular complexity index is 284. The Morgan fingerprint density at radius 1 is 1.33 bits per heavy atom. The van der Waals surface area contributed by atoms with Crippen molar-refractivity contribution < 1.29 is 19.4 Å². The number of carboxylic acid groups (broad SMARTS) is 1. The molecule has 0 spiro atoms. The van der Waals surface area contributed by atoms with E-state index in [9.17, 15) is 9.59 Å². The van der Waals surface area contributed by atoms with E-state index in [-0.39, 0.29) is 0 Å². The van der Waals surface area contributed by atoms with Crippen molar-refractivity contribution in [3.8, 4) is 0 Å². The van der Waals surface area contributed by atoms with Gasteiger partial charge in [0.15, 0.2) is 0 Å². The van der Waals surface area contributed by atoms with Crippen LogP contribution in [0, 0.1) is 0 Å². The molecule has 0 saturated carbocycles. The summed E-state index contributed by atoms with van der Waals surface area (Å²) < 4.78 is 5.02. The number of nitrogens with one attached hydrogen (secondary N) is 1. The second-order valence-electron chi connectivity index (χ2n) is 5.48. The van der Waals surface area contributed by atoms with Crippen molar-refractivity contribution in [2.24, 2.45) is 0 Å². The topological polar surface area (TPSA) is 78.9 Å². The first-order valence-electron chi connectivity index (χ1n) is 5.99. The van der Waals surface area contributed by atoms with Gasteiger partial charge in [-0.25, -0.2) is 9.59 Å². The molecule has 0 aliphatic carbocycles. The highest BCUT2D eigenvalue weighted by Crippen LogP contribution is 2.07. The van der Waals surface area contributed by atoms with E-state index in [4.69, 9.17) is 9.84 Å². The minimum absolute atomic E-state index is 0.382. The monoisotopic (exact) mass is 260 g/mol. The number of amides is 1. The molecule has 18 heavy (non-hydrogen) atoms. The van der Waals surface area contributed by atoms with Crippen LogP contribution in [-0.2, 0) is 9.53 Å². The Morgan fingerprint density at radius 3 is 2.28 bits per heavy atom. The zero-order valence-electron chi connectivity index (χ0n) is 11.8. The summed E-state index contributed by atoms with van der Waals surface area (Å²) in [5.74, 6) is -1.04.